The third kappa shape index (κ3) is 4.29. The maximum atomic E-state index is 13.5. The topological polar surface area (TPSA) is 51.5 Å². The summed E-state index contributed by atoms with van der Waals surface area (Å²) in [6.45, 7) is 6.17. The van der Waals surface area contributed by atoms with Crippen molar-refractivity contribution in [2.45, 2.75) is 39.7 Å². The minimum absolute atomic E-state index is 0.0121. The molecule has 5 nitrogen and oxygen atoms in total. The largest absolute Gasteiger partial charge is 0.466 e. The van der Waals surface area contributed by atoms with Crippen LogP contribution in [0, 0.1) is 12.8 Å². The number of hydrogen-bond acceptors (Lipinski definition) is 4. The van der Waals surface area contributed by atoms with E-state index in [9.17, 15) is 9.59 Å². The summed E-state index contributed by atoms with van der Waals surface area (Å²) < 4.78 is 8.49. The molecule has 0 aliphatic carbocycles. The molecule has 3 aromatic rings. The molecule has 0 bridgehead atoms. The fraction of sp³-hybridized carbons (Fsp3) is 0.417. The molecule has 1 aliphatic rings. The lowest BCUT2D eigenvalue weighted by molar-refractivity contribution is -0.149. The number of carbonyl (C=O) groups excluding carboxylic acids is 2. The minimum Gasteiger partial charge on any atom is -0.466 e. The van der Waals surface area contributed by atoms with Crippen molar-refractivity contribution in [3.63, 3.8) is 0 Å². The van der Waals surface area contributed by atoms with E-state index < -0.39 is 0 Å². The van der Waals surface area contributed by atoms with E-state index >= 15 is 0 Å². The number of aryl methyl sites for hydroxylation is 3. The molecule has 3 heterocycles. The van der Waals surface area contributed by atoms with Gasteiger partial charge in [0, 0.05) is 24.5 Å². The van der Waals surface area contributed by atoms with E-state index in [0.717, 1.165) is 41.7 Å². The van der Waals surface area contributed by atoms with E-state index in [4.69, 9.17) is 4.74 Å². The predicted molar refractivity (Wildman–Crippen MR) is 120 cm³/mol. The van der Waals surface area contributed by atoms with Crippen LogP contribution in [0.1, 0.15) is 40.7 Å². The quantitative estimate of drug-likeness (QED) is 0.541. The first-order valence-corrected chi connectivity index (χ1v) is 11.5. The van der Waals surface area contributed by atoms with Gasteiger partial charge in [0.25, 0.3) is 5.91 Å². The van der Waals surface area contributed by atoms with Crippen LogP contribution in [-0.4, -0.2) is 41.0 Å². The smallest absolute Gasteiger partial charge is 0.310 e. The normalized spacial score (nSPS) is 16.7. The fourth-order valence-corrected chi connectivity index (χ4v) is 5.21. The third-order valence-corrected chi connectivity index (χ3v) is 6.71. The lowest BCUT2D eigenvalue weighted by Gasteiger charge is -2.31. The molecule has 1 unspecified atom stereocenters. The van der Waals surface area contributed by atoms with Crippen molar-refractivity contribution in [3.8, 4) is 0 Å². The van der Waals surface area contributed by atoms with Gasteiger partial charge in [-0.2, -0.15) is 0 Å². The van der Waals surface area contributed by atoms with Gasteiger partial charge in [0.05, 0.1) is 22.7 Å². The molecule has 0 spiro atoms. The highest BCUT2D eigenvalue weighted by molar-refractivity contribution is 7.19. The molecular weight excluding hydrogens is 396 g/mol. The van der Waals surface area contributed by atoms with E-state index in [-0.39, 0.29) is 17.8 Å². The van der Waals surface area contributed by atoms with Crippen LogP contribution < -0.4 is 0 Å². The minimum atomic E-state index is -0.223. The van der Waals surface area contributed by atoms with Crippen LogP contribution in [0.2, 0.25) is 0 Å². The van der Waals surface area contributed by atoms with Crippen molar-refractivity contribution in [2.75, 3.05) is 19.7 Å². The molecule has 0 radical (unpaired) electrons. The Hall–Kier alpha value is -2.60. The Morgan fingerprint density at radius 1 is 1.20 bits per heavy atom. The van der Waals surface area contributed by atoms with Gasteiger partial charge in [-0.25, -0.2) is 0 Å². The average Bonchev–Trinajstić information content (AvgIpc) is 3.28. The van der Waals surface area contributed by atoms with Crippen molar-refractivity contribution >= 4 is 33.4 Å². The average molecular weight is 425 g/mol. The molecule has 1 fully saturated rings. The molecule has 4 rings (SSSR count). The summed E-state index contributed by atoms with van der Waals surface area (Å²) in [5, 5.41) is 0. The molecule has 1 atom stereocenters. The van der Waals surface area contributed by atoms with Crippen LogP contribution in [-0.2, 0) is 22.5 Å². The Bertz CT molecular complexity index is 1040. The SMILES string of the molecule is CCOC(=O)C1CCCN(C(=O)c2cc3sc(C)cc3n2CCc2ccccc2)C1. The zero-order valence-electron chi connectivity index (χ0n) is 17.6. The first-order valence-electron chi connectivity index (χ1n) is 10.7. The molecule has 1 amide bonds. The van der Waals surface area contributed by atoms with Crippen LogP contribution in [0.3, 0.4) is 0 Å². The Kier molecular flexibility index (Phi) is 6.23. The second kappa shape index (κ2) is 9.04. The highest BCUT2D eigenvalue weighted by atomic mass is 32.1. The van der Waals surface area contributed by atoms with E-state index in [1.165, 1.54) is 10.4 Å². The van der Waals surface area contributed by atoms with Gasteiger partial charge < -0.3 is 14.2 Å². The first kappa shape index (κ1) is 20.7. The van der Waals surface area contributed by atoms with Gasteiger partial charge in [-0.3, -0.25) is 9.59 Å². The van der Waals surface area contributed by atoms with Crippen LogP contribution in [0.25, 0.3) is 10.2 Å². The van der Waals surface area contributed by atoms with Crippen molar-refractivity contribution in [1.82, 2.24) is 9.47 Å². The lowest BCUT2D eigenvalue weighted by atomic mass is 9.98. The van der Waals surface area contributed by atoms with Gasteiger partial charge in [0.15, 0.2) is 0 Å². The number of esters is 1. The van der Waals surface area contributed by atoms with Crippen LogP contribution in [0.15, 0.2) is 42.5 Å². The molecule has 1 aliphatic heterocycles. The van der Waals surface area contributed by atoms with E-state index in [0.29, 0.717) is 19.7 Å². The molecule has 1 saturated heterocycles. The molecule has 0 saturated carbocycles. The number of piperidine rings is 1. The van der Waals surface area contributed by atoms with Gasteiger partial charge in [0.2, 0.25) is 0 Å². The second-order valence-corrected chi connectivity index (χ2v) is 9.15. The van der Waals surface area contributed by atoms with Crippen molar-refractivity contribution in [2.24, 2.45) is 5.92 Å². The standard InChI is InChI=1S/C24H28N2O3S/c1-3-29-24(28)19-10-7-12-25(16-19)23(27)21-15-22-20(14-17(2)30-22)26(21)13-11-18-8-5-4-6-9-18/h4-6,8-9,14-15,19H,3,7,10-13,16H2,1-2H3. The van der Waals surface area contributed by atoms with Gasteiger partial charge >= 0.3 is 5.97 Å². The highest BCUT2D eigenvalue weighted by Crippen LogP contribution is 2.30. The van der Waals surface area contributed by atoms with Crippen molar-refractivity contribution < 1.29 is 14.3 Å². The number of aromatic nitrogens is 1. The molecule has 6 heteroatoms. The molecule has 1 aromatic carbocycles. The number of ether oxygens (including phenoxy) is 1. The monoisotopic (exact) mass is 424 g/mol. The van der Waals surface area contributed by atoms with Crippen molar-refractivity contribution in [1.29, 1.82) is 0 Å². The number of carbonyl (C=O) groups is 2. The second-order valence-electron chi connectivity index (χ2n) is 7.87. The van der Waals surface area contributed by atoms with Crippen LogP contribution >= 0.6 is 11.3 Å². The summed E-state index contributed by atoms with van der Waals surface area (Å²) in [7, 11) is 0. The Labute approximate surface area is 181 Å². The van der Waals surface area contributed by atoms with E-state index in [2.05, 4.69) is 29.7 Å². The van der Waals surface area contributed by atoms with Crippen LogP contribution in [0.5, 0.6) is 0 Å². The zero-order valence-corrected chi connectivity index (χ0v) is 18.4. The van der Waals surface area contributed by atoms with Gasteiger partial charge in [-0.05, 0) is 50.8 Å². The number of benzene rings is 1. The van der Waals surface area contributed by atoms with Crippen molar-refractivity contribution in [3.05, 3.63) is 58.6 Å². The van der Waals surface area contributed by atoms with Gasteiger partial charge in [0.1, 0.15) is 5.69 Å². The Morgan fingerprint density at radius 3 is 2.77 bits per heavy atom. The summed E-state index contributed by atoms with van der Waals surface area (Å²) in [5.41, 5.74) is 3.09. The highest BCUT2D eigenvalue weighted by Gasteiger charge is 2.31. The first-order chi connectivity index (χ1) is 14.6. The summed E-state index contributed by atoms with van der Waals surface area (Å²) in [4.78, 5) is 28.7. The van der Waals surface area contributed by atoms with Gasteiger partial charge in [-0.15, -0.1) is 11.3 Å². The molecule has 2 aromatic heterocycles. The maximum absolute atomic E-state index is 13.5. The number of nitrogens with zero attached hydrogens (tertiary/aromatic N) is 2. The maximum Gasteiger partial charge on any atom is 0.310 e. The summed E-state index contributed by atoms with van der Waals surface area (Å²) in [6.07, 6.45) is 2.48. The van der Waals surface area contributed by atoms with Crippen LogP contribution in [0.4, 0.5) is 0 Å². The zero-order chi connectivity index (χ0) is 21.1. The van der Waals surface area contributed by atoms with Gasteiger partial charge in [-0.1, -0.05) is 30.3 Å². The number of likely N-dealkylation sites (tertiary alicyclic amines) is 1. The number of thiophene rings is 1. The summed E-state index contributed by atoms with van der Waals surface area (Å²) >= 11 is 1.72. The number of fused-ring (bicyclic) bond motifs is 1. The lowest BCUT2D eigenvalue weighted by Crippen LogP contribution is -2.43. The molecule has 158 valence electrons. The third-order valence-electron chi connectivity index (χ3n) is 5.73. The Balaban J connectivity index is 1.58. The Morgan fingerprint density at radius 2 is 2.00 bits per heavy atom. The number of amides is 1. The summed E-state index contributed by atoms with van der Waals surface area (Å²) in [5.74, 6) is -0.400. The number of rotatable bonds is 6. The van der Waals surface area contributed by atoms with E-state index in [1.807, 2.05) is 36.1 Å². The molecular formula is C24H28N2O3S. The fourth-order valence-electron chi connectivity index (χ4n) is 4.24. The number of hydrogen-bond donors (Lipinski definition) is 0. The predicted octanol–water partition coefficient (Wildman–Crippen LogP) is 4.67. The molecule has 30 heavy (non-hydrogen) atoms. The van der Waals surface area contributed by atoms with E-state index in [1.54, 1.807) is 11.3 Å². The molecule has 0 N–H and O–H groups in total. The summed E-state index contributed by atoms with van der Waals surface area (Å²) in [6, 6.07) is 14.5.